The van der Waals surface area contributed by atoms with Gasteiger partial charge in [-0.25, -0.2) is 4.98 Å². The summed E-state index contributed by atoms with van der Waals surface area (Å²) < 4.78 is 0. The lowest BCUT2D eigenvalue weighted by atomic mass is 10.3. The number of hydrogen-bond donors (Lipinski definition) is 2. The number of nitrogens with two attached hydrogens (primary N) is 1. The Bertz CT molecular complexity index is 414. The van der Waals surface area contributed by atoms with Crippen molar-refractivity contribution in [3.8, 4) is 0 Å². The van der Waals surface area contributed by atoms with Gasteiger partial charge >= 0.3 is 0 Å². The van der Waals surface area contributed by atoms with Crippen molar-refractivity contribution >= 4 is 11.5 Å². The molecule has 3 N–H and O–H groups in total. The predicted molar refractivity (Wildman–Crippen MR) is 59.8 cm³/mol. The molecule has 0 aromatic carbocycles. The molecule has 5 heteroatoms. The number of rotatable bonds is 3. The first-order chi connectivity index (χ1) is 7.09. The molecule has 0 bridgehead atoms. The molecule has 2 rings (SSSR count). The van der Waals surface area contributed by atoms with Crippen molar-refractivity contribution < 1.29 is 0 Å². The molecule has 2 atom stereocenters. The molecule has 0 radical (unpaired) electrons. The summed E-state index contributed by atoms with van der Waals surface area (Å²) in [6.45, 7) is 3.15. The summed E-state index contributed by atoms with van der Waals surface area (Å²) in [6.07, 6.45) is 2.65. The Kier molecular flexibility index (Phi) is 2.38. The normalized spacial score (nSPS) is 23.9. The molecule has 82 valence electrons. The van der Waals surface area contributed by atoms with Crippen molar-refractivity contribution in [3.63, 3.8) is 0 Å². The molecule has 2 unspecified atom stereocenters. The number of H-pyrrole nitrogens is 1. The number of anilines is 2. The molecule has 1 aliphatic rings. The summed E-state index contributed by atoms with van der Waals surface area (Å²) in [7, 11) is 1.92. The van der Waals surface area contributed by atoms with E-state index in [0.717, 1.165) is 18.4 Å². The maximum absolute atomic E-state index is 11.3. The van der Waals surface area contributed by atoms with Gasteiger partial charge in [-0.2, -0.15) is 0 Å². The Balaban J connectivity index is 2.14. The second kappa shape index (κ2) is 3.56. The number of nitrogens with zero attached hydrogens (tertiary/aromatic N) is 2. The van der Waals surface area contributed by atoms with Gasteiger partial charge in [0.15, 0.2) is 5.82 Å². The fraction of sp³-hybridized carbons (Fsp3) is 0.600. The van der Waals surface area contributed by atoms with E-state index in [1.165, 1.54) is 12.7 Å². The lowest BCUT2D eigenvalue weighted by Crippen LogP contribution is -2.26. The highest BCUT2D eigenvalue weighted by molar-refractivity contribution is 5.60. The van der Waals surface area contributed by atoms with Gasteiger partial charge in [-0.3, -0.25) is 4.79 Å². The van der Waals surface area contributed by atoms with E-state index in [4.69, 9.17) is 5.73 Å². The molecular weight excluding hydrogens is 192 g/mol. The Morgan fingerprint density at radius 2 is 2.40 bits per heavy atom. The molecule has 1 fully saturated rings. The smallest absolute Gasteiger partial charge is 0.276 e. The van der Waals surface area contributed by atoms with Gasteiger partial charge < -0.3 is 15.6 Å². The average Bonchev–Trinajstić information content (AvgIpc) is 2.86. The lowest BCUT2D eigenvalue weighted by molar-refractivity contribution is 0.719. The SMILES string of the molecule is CC1CC1CN(C)c1nc[nH]c(=O)c1N. The Morgan fingerprint density at radius 1 is 1.73 bits per heavy atom. The molecule has 0 aliphatic heterocycles. The molecule has 1 aromatic rings. The maximum atomic E-state index is 11.3. The van der Waals surface area contributed by atoms with Crippen LogP contribution in [0, 0.1) is 11.8 Å². The molecule has 5 nitrogen and oxygen atoms in total. The van der Waals surface area contributed by atoms with Crippen LogP contribution in [0.2, 0.25) is 0 Å². The summed E-state index contributed by atoms with van der Waals surface area (Å²) >= 11 is 0. The van der Waals surface area contributed by atoms with Crippen LogP contribution in [0.15, 0.2) is 11.1 Å². The van der Waals surface area contributed by atoms with Crippen LogP contribution >= 0.6 is 0 Å². The molecule has 1 aliphatic carbocycles. The van der Waals surface area contributed by atoms with E-state index >= 15 is 0 Å². The highest BCUT2D eigenvalue weighted by atomic mass is 16.1. The molecule has 1 aromatic heterocycles. The minimum atomic E-state index is -0.268. The van der Waals surface area contributed by atoms with Gasteiger partial charge in [-0.05, 0) is 18.3 Å². The lowest BCUT2D eigenvalue weighted by Gasteiger charge is -2.18. The van der Waals surface area contributed by atoms with Crippen LogP contribution in [0.1, 0.15) is 13.3 Å². The average molecular weight is 208 g/mol. The van der Waals surface area contributed by atoms with Crippen LogP contribution < -0.4 is 16.2 Å². The molecule has 15 heavy (non-hydrogen) atoms. The third-order valence-electron chi connectivity index (χ3n) is 3.01. The van der Waals surface area contributed by atoms with Crippen LogP contribution in [-0.4, -0.2) is 23.6 Å². The number of nitrogens with one attached hydrogen (secondary N) is 1. The van der Waals surface area contributed by atoms with E-state index in [1.807, 2.05) is 11.9 Å². The number of aromatic nitrogens is 2. The van der Waals surface area contributed by atoms with Crippen molar-refractivity contribution in [3.05, 3.63) is 16.7 Å². The fourth-order valence-corrected chi connectivity index (χ4v) is 1.80. The van der Waals surface area contributed by atoms with Gasteiger partial charge in [0.2, 0.25) is 0 Å². The third-order valence-corrected chi connectivity index (χ3v) is 3.01. The largest absolute Gasteiger partial charge is 0.391 e. The van der Waals surface area contributed by atoms with Gasteiger partial charge in [-0.15, -0.1) is 0 Å². The Morgan fingerprint density at radius 3 is 3.00 bits per heavy atom. The number of aromatic amines is 1. The van der Waals surface area contributed by atoms with Gasteiger partial charge in [0.1, 0.15) is 5.69 Å². The van der Waals surface area contributed by atoms with Gasteiger partial charge in [-0.1, -0.05) is 6.92 Å². The van der Waals surface area contributed by atoms with Crippen molar-refractivity contribution in [2.45, 2.75) is 13.3 Å². The van der Waals surface area contributed by atoms with E-state index in [1.54, 1.807) is 0 Å². The minimum Gasteiger partial charge on any atom is -0.391 e. The van der Waals surface area contributed by atoms with E-state index in [0.29, 0.717) is 5.82 Å². The van der Waals surface area contributed by atoms with Crippen molar-refractivity contribution in [1.29, 1.82) is 0 Å². The number of nitrogen functional groups attached to an aromatic ring is 1. The Hall–Kier alpha value is -1.52. The molecule has 0 saturated heterocycles. The van der Waals surface area contributed by atoms with Crippen LogP contribution in [0.5, 0.6) is 0 Å². The van der Waals surface area contributed by atoms with Crippen molar-refractivity contribution in [1.82, 2.24) is 9.97 Å². The van der Waals surface area contributed by atoms with E-state index in [-0.39, 0.29) is 11.2 Å². The zero-order valence-corrected chi connectivity index (χ0v) is 9.03. The van der Waals surface area contributed by atoms with Gasteiger partial charge in [0, 0.05) is 13.6 Å². The second-order valence-electron chi connectivity index (χ2n) is 4.32. The minimum absolute atomic E-state index is 0.202. The van der Waals surface area contributed by atoms with Crippen LogP contribution in [0.3, 0.4) is 0 Å². The second-order valence-corrected chi connectivity index (χ2v) is 4.32. The third kappa shape index (κ3) is 1.95. The first-order valence-electron chi connectivity index (χ1n) is 5.14. The highest BCUT2D eigenvalue weighted by Crippen LogP contribution is 2.38. The van der Waals surface area contributed by atoms with E-state index in [9.17, 15) is 4.79 Å². The zero-order valence-electron chi connectivity index (χ0n) is 9.03. The molecule has 1 saturated carbocycles. The van der Waals surface area contributed by atoms with Crippen LogP contribution in [0.25, 0.3) is 0 Å². The predicted octanol–water partition coefficient (Wildman–Crippen LogP) is 0.444. The molecule has 1 heterocycles. The topological polar surface area (TPSA) is 75.0 Å². The van der Waals surface area contributed by atoms with Gasteiger partial charge in [0.05, 0.1) is 6.33 Å². The van der Waals surface area contributed by atoms with Crippen molar-refractivity contribution in [2.75, 3.05) is 24.2 Å². The highest BCUT2D eigenvalue weighted by Gasteiger charge is 2.33. The quantitative estimate of drug-likeness (QED) is 0.756. The Labute approximate surface area is 88.3 Å². The summed E-state index contributed by atoms with van der Waals surface area (Å²) in [4.78, 5) is 19.8. The monoisotopic (exact) mass is 208 g/mol. The molecule has 0 amide bonds. The molecular formula is C10H16N4O. The first kappa shape index (κ1) is 10.0. The summed E-state index contributed by atoms with van der Waals surface area (Å²) in [6, 6.07) is 0. The van der Waals surface area contributed by atoms with E-state index in [2.05, 4.69) is 16.9 Å². The van der Waals surface area contributed by atoms with E-state index < -0.39 is 0 Å². The summed E-state index contributed by atoms with van der Waals surface area (Å²) in [5, 5.41) is 0. The van der Waals surface area contributed by atoms with Crippen LogP contribution in [0.4, 0.5) is 11.5 Å². The zero-order chi connectivity index (χ0) is 11.0. The van der Waals surface area contributed by atoms with Gasteiger partial charge in [0.25, 0.3) is 5.56 Å². The summed E-state index contributed by atoms with van der Waals surface area (Å²) in [5.74, 6) is 2.09. The van der Waals surface area contributed by atoms with Crippen molar-refractivity contribution in [2.24, 2.45) is 11.8 Å². The first-order valence-corrected chi connectivity index (χ1v) is 5.14. The fourth-order valence-electron chi connectivity index (χ4n) is 1.80. The standard InChI is InChI=1S/C10H16N4O/c1-6-3-7(6)4-14(2)9-8(11)10(15)13-5-12-9/h5-7H,3-4,11H2,1-2H3,(H,12,13,15). The summed E-state index contributed by atoms with van der Waals surface area (Å²) in [5.41, 5.74) is 5.60. The maximum Gasteiger partial charge on any atom is 0.276 e. The van der Waals surface area contributed by atoms with Crippen LogP contribution in [-0.2, 0) is 0 Å². The molecule has 0 spiro atoms. The number of hydrogen-bond acceptors (Lipinski definition) is 4.